The Bertz CT molecular complexity index is 674. The van der Waals surface area contributed by atoms with Crippen molar-refractivity contribution in [3.8, 4) is 0 Å². The zero-order chi connectivity index (χ0) is 16.3. The number of anilines is 1. The number of thioether (sulfide) groups is 1. The number of aryl methyl sites for hydroxylation is 2. The van der Waals surface area contributed by atoms with E-state index in [9.17, 15) is 4.79 Å². The van der Waals surface area contributed by atoms with E-state index in [1.807, 2.05) is 6.92 Å². The van der Waals surface area contributed by atoms with E-state index >= 15 is 0 Å². The molecule has 0 bridgehead atoms. The fourth-order valence-electron chi connectivity index (χ4n) is 1.87. The zero-order valence-electron chi connectivity index (χ0n) is 13.6. The Hall–Kier alpha value is -1.40. The standard InChI is InChI=1S/C16H21N3OS2/c1-10-6-7-12(16(3,4)5)8-13(10)21-9-14(20)17-15-19-18-11(2)22-15/h6-8H,9H2,1-5H3,(H,17,19,20). The van der Waals surface area contributed by atoms with E-state index < -0.39 is 0 Å². The summed E-state index contributed by atoms with van der Waals surface area (Å²) in [5, 5.41) is 12.0. The van der Waals surface area contributed by atoms with Crippen molar-refractivity contribution in [3.63, 3.8) is 0 Å². The van der Waals surface area contributed by atoms with Gasteiger partial charge < -0.3 is 0 Å². The Labute approximate surface area is 139 Å². The molecule has 2 rings (SSSR count). The lowest BCUT2D eigenvalue weighted by Crippen LogP contribution is -2.14. The number of benzene rings is 1. The molecule has 6 heteroatoms. The fraction of sp³-hybridized carbons (Fsp3) is 0.438. The van der Waals surface area contributed by atoms with Crippen LogP contribution in [-0.2, 0) is 10.2 Å². The van der Waals surface area contributed by atoms with E-state index in [1.165, 1.54) is 22.5 Å². The summed E-state index contributed by atoms with van der Waals surface area (Å²) in [6.45, 7) is 10.5. The van der Waals surface area contributed by atoms with Crippen LogP contribution in [-0.4, -0.2) is 21.9 Å². The predicted molar refractivity (Wildman–Crippen MR) is 93.9 cm³/mol. The van der Waals surface area contributed by atoms with Gasteiger partial charge in [-0.15, -0.1) is 22.0 Å². The van der Waals surface area contributed by atoms with Crippen LogP contribution in [0.25, 0.3) is 0 Å². The number of nitrogens with one attached hydrogen (secondary N) is 1. The Morgan fingerprint density at radius 1 is 1.27 bits per heavy atom. The van der Waals surface area contributed by atoms with Crippen LogP contribution in [0, 0.1) is 13.8 Å². The van der Waals surface area contributed by atoms with Gasteiger partial charge in [-0.2, -0.15) is 0 Å². The molecule has 4 nitrogen and oxygen atoms in total. The van der Waals surface area contributed by atoms with E-state index in [-0.39, 0.29) is 11.3 Å². The monoisotopic (exact) mass is 335 g/mol. The van der Waals surface area contributed by atoms with Gasteiger partial charge in [0, 0.05) is 4.90 Å². The number of carbonyl (C=O) groups excluding carboxylic acids is 1. The molecule has 0 spiro atoms. The zero-order valence-corrected chi connectivity index (χ0v) is 15.2. The van der Waals surface area contributed by atoms with Crippen molar-refractivity contribution in [1.82, 2.24) is 10.2 Å². The third-order valence-electron chi connectivity index (χ3n) is 3.19. The van der Waals surface area contributed by atoms with Gasteiger partial charge in [0.15, 0.2) is 0 Å². The lowest BCUT2D eigenvalue weighted by atomic mass is 9.87. The van der Waals surface area contributed by atoms with Gasteiger partial charge in [0.2, 0.25) is 11.0 Å². The lowest BCUT2D eigenvalue weighted by Gasteiger charge is -2.20. The maximum Gasteiger partial charge on any atom is 0.236 e. The van der Waals surface area contributed by atoms with Crippen molar-refractivity contribution in [1.29, 1.82) is 0 Å². The van der Waals surface area contributed by atoms with Crippen molar-refractivity contribution in [3.05, 3.63) is 34.3 Å². The van der Waals surface area contributed by atoms with Gasteiger partial charge in [0.05, 0.1) is 5.75 Å². The summed E-state index contributed by atoms with van der Waals surface area (Å²) in [4.78, 5) is 13.1. The normalized spacial score (nSPS) is 11.5. The molecule has 1 aromatic carbocycles. The van der Waals surface area contributed by atoms with Crippen molar-refractivity contribution in [2.45, 2.75) is 44.9 Å². The number of aromatic nitrogens is 2. The Balaban J connectivity index is 2.00. The number of amides is 1. The molecule has 0 aliphatic rings. The minimum atomic E-state index is -0.0540. The molecule has 0 aliphatic heterocycles. The van der Waals surface area contributed by atoms with E-state index in [2.05, 4.69) is 61.4 Å². The Morgan fingerprint density at radius 3 is 2.59 bits per heavy atom. The van der Waals surface area contributed by atoms with Crippen LogP contribution < -0.4 is 5.32 Å². The molecule has 1 aromatic heterocycles. The summed E-state index contributed by atoms with van der Waals surface area (Å²) in [6.07, 6.45) is 0. The molecule has 0 atom stereocenters. The highest BCUT2D eigenvalue weighted by Gasteiger charge is 2.15. The lowest BCUT2D eigenvalue weighted by molar-refractivity contribution is -0.113. The summed E-state index contributed by atoms with van der Waals surface area (Å²) in [7, 11) is 0. The molecule has 118 valence electrons. The first-order valence-electron chi connectivity index (χ1n) is 7.09. The Morgan fingerprint density at radius 2 is 2.00 bits per heavy atom. The Kier molecular flexibility index (Phi) is 5.24. The average molecular weight is 335 g/mol. The van der Waals surface area contributed by atoms with E-state index in [0.717, 1.165) is 9.90 Å². The first-order valence-corrected chi connectivity index (χ1v) is 8.90. The van der Waals surface area contributed by atoms with E-state index in [1.54, 1.807) is 11.8 Å². The molecule has 1 amide bonds. The van der Waals surface area contributed by atoms with E-state index in [4.69, 9.17) is 0 Å². The molecule has 0 saturated heterocycles. The minimum absolute atomic E-state index is 0.0540. The highest BCUT2D eigenvalue weighted by atomic mass is 32.2. The van der Waals surface area contributed by atoms with Gasteiger partial charge in [0.25, 0.3) is 0 Å². The molecule has 1 N–H and O–H groups in total. The van der Waals surface area contributed by atoms with Gasteiger partial charge in [0.1, 0.15) is 5.01 Å². The molecule has 1 heterocycles. The molecule has 0 radical (unpaired) electrons. The molecular formula is C16H21N3OS2. The van der Waals surface area contributed by atoms with Crippen molar-refractivity contribution in [2.75, 3.05) is 11.1 Å². The van der Waals surface area contributed by atoms with Crippen LogP contribution in [0.2, 0.25) is 0 Å². The van der Waals surface area contributed by atoms with Crippen LogP contribution in [0.15, 0.2) is 23.1 Å². The molecule has 0 aliphatic carbocycles. The summed E-state index contributed by atoms with van der Waals surface area (Å²) >= 11 is 2.94. The van der Waals surface area contributed by atoms with Crippen molar-refractivity contribution >= 4 is 34.1 Å². The van der Waals surface area contributed by atoms with Gasteiger partial charge in [-0.3, -0.25) is 10.1 Å². The van der Waals surface area contributed by atoms with Crippen LogP contribution in [0.5, 0.6) is 0 Å². The highest BCUT2D eigenvalue weighted by Crippen LogP contribution is 2.29. The third kappa shape index (κ3) is 4.55. The van der Waals surface area contributed by atoms with Crippen molar-refractivity contribution in [2.24, 2.45) is 0 Å². The topological polar surface area (TPSA) is 54.9 Å². The maximum absolute atomic E-state index is 12.0. The highest BCUT2D eigenvalue weighted by molar-refractivity contribution is 8.00. The van der Waals surface area contributed by atoms with Gasteiger partial charge >= 0.3 is 0 Å². The summed E-state index contributed by atoms with van der Waals surface area (Å²) in [5.41, 5.74) is 2.58. The molecule has 0 unspecified atom stereocenters. The molecule has 0 saturated carbocycles. The second-order valence-corrected chi connectivity index (χ2v) is 8.39. The van der Waals surface area contributed by atoms with Crippen LogP contribution in [0.1, 0.15) is 36.9 Å². The van der Waals surface area contributed by atoms with Crippen molar-refractivity contribution < 1.29 is 4.79 Å². The van der Waals surface area contributed by atoms with E-state index in [0.29, 0.717) is 10.9 Å². The summed E-state index contributed by atoms with van der Waals surface area (Å²) in [5.74, 6) is 0.314. The quantitative estimate of drug-likeness (QED) is 0.852. The van der Waals surface area contributed by atoms with Crippen LogP contribution in [0.4, 0.5) is 5.13 Å². The molecule has 2 aromatic rings. The van der Waals surface area contributed by atoms with Gasteiger partial charge in [-0.05, 0) is 36.5 Å². The van der Waals surface area contributed by atoms with Gasteiger partial charge in [-0.1, -0.05) is 44.2 Å². The second-order valence-electron chi connectivity index (χ2n) is 6.19. The molecule has 0 fully saturated rings. The van der Waals surface area contributed by atoms with Gasteiger partial charge in [-0.25, -0.2) is 0 Å². The minimum Gasteiger partial charge on any atom is -0.300 e. The molecular weight excluding hydrogens is 314 g/mol. The number of hydrogen-bond donors (Lipinski definition) is 1. The first-order chi connectivity index (χ1) is 10.3. The third-order valence-corrected chi connectivity index (χ3v) is 5.10. The van der Waals surface area contributed by atoms with Crippen LogP contribution >= 0.6 is 23.1 Å². The summed E-state index contributed by atoms with van der Waals surface area (Å²) < 4.78 is 0. The number of rotatable bonds is 4. The number of hydrogen-bond acceptors (Lipinski definition) is 5. The van der Waals surface area contributed by atoms with Crippen LogP contribution in [0.3, 0.4) is 0 Å². The predicted octanol–water partition coefficient (Wildman–Crippen LogP) is 4.18. The SMILES string of the molecule is Cc1nnc(NC(=O)CSc2cc(C(C)(C)C)ccc2C)s1. The number of nitrogens with zero attached hydrogens (tertiary/aromatic N) is 2. The largest absolute Gasteiger partial charge is 0.300 e. The molecule has 22 heavy (non-hydrogen) atoms. The summed E-state index contributed by atoms with van der Waals surface area (Å²) in [6, 6.07) is 6.46. The maximum atomic E-state index is 12.0. The second kappa shape index (κ2) is 6.79. The first kappa shape index (κ1) is 17.0. The average Bonchev–Trinajstić information content (AvgIpc) is 2.81. The fourth-order valence-corrected chi connectivity index (χ4v) is 3.34. The smallest absolute Gasteiger partial charge is 0.236 e. The number of carbonyl (C=O) groups is 1.